The molecule has 0 fully saturated rings. The molecule has 40 heavy (non-hydrogen) atoms. The summed E-state index contributed by atoms with van der Waals surface area (Å²) in [6.07, 6.45) is 0.786. The molecule has 14 heteroatoms. The molecule has 1 aliphatic rings. The second kappa shape index (κ2) is 12.5. The van der Waals surface area contributed by atoms with Crippen molar-refractivity contribution in [3.63, 3.8) is 0 Å². The number of fused-ring (bicyclic) bond motifs is 1. The van der Waals surface area contributed by atoms with Crippen LogP contribution in [0.5, 0.6) is 5.75 Å². The minimum atomic E-state index is -0.524. The molecule has 1 aliphatic heterocycles. The predicted octanol–water partition coefficient (Wildman–Crippen LogP) is 1.83. The average molecular weight is 555 g/mol. The van der Waals surface area contributed by atoms with Crippen molar-refractivity contribution < 1.29 is 28.6 Å². The van der Waals surface area contributed by atoms with Crippen LogP contribution in [0, 0.1) is 11.7 Å². The lowest BCUT2D eigenvalue weighted by atomic mass is 9.99. The number of carbonyl (C=O) groups is 3. The van der Waals surface area contributed by atoms with Gasteiger partial charge in [-0.2, -0.15) is 0 Å². The van der Waals surface area contributed by atoms with Crippen molar-refractivity contribution in [2.45, 2.75) is 32.5 Å². The summed E-state index contributed by atoms with van der Waals surface area (Å²) in [4.78, 5) is 41.9. The summed E-state index contributed by atoms with van der Waals surface area (Å²) in [5, 5.41) is 25.9. The maximum atomic E-state index is 13.6. The van der Waals surface area contributed by atoms with Gasteiger partial charge in [0.15, 0.2) is 0 Å². The number of likely N-dealkylation sites (N-methyl/N-ethyl adjacent to an activating group) is 1. The molecule has 13 nitrogen and oxygen atoms in total. The monoisotopic (exact) mass is 554 g/mol. The van der Waals surface area contributed by atoms with E-state index >= 15 is 0 Å². The zero-order valence-corrected chi connectivity index (χ0v) is 22.3. The SMILES string of the molecule is C[C@H](CO)N1C[C@H](C)[C@@H](CN(C)C(=O)Nc2ccc(F)cc2)Oc2ccc(NC(=O)Cn3cnnn3)cc2C1=O. The molecule has 0 unspecified atom stereocenters. The Hall–Kier alpha value is -4.59. The van der Waals surface area contributed by atoms with Gasteiger partial charge in [0.1, 0.15) is 30.5 Å². The summed E-state index contributed by atoms with van der Waals surface area (Å²) in [5.74, 6) is -1.10. The Morgan fingerprint density at radius 3 is 2.60 bits per heavy atom. The molecule has 0 saturated carbocycles. The summed E-state index contributed by atoms with van der Waals surface area (Å²) in [6, 6.07) is 9.25. The number of nitrogens with zero attached hydrogens (tertiary/aromatic N) is 6. The number of aliphatic hydroxyl groups is 1. The smallest absolute Gasteiger partial charge is 0.321 e. The van der Waals surface area contributed by atoms with E-state index in [4.69, 9.17) is 4.74 Å². The highest BCUT2D eigenvalue weighted by atomic mass is 19.1. The first-order valence-corrected chi connectivity index (χ1v) is 12.7. The van der Waals surface area contributed by atoms with Crippen LogP contribution in [0.2, 0.25) is 0 Å². The highest BCUT2D eigenvalue weighted by Gasteiger charge is 2.34. The van der Waals surface area contributed by atoms with E-state index in [-0.39, 0.29) is 49.4 Å². The van der Waals surface area contributed by atoms with E-state index in [0.29, 0.717) is 11.4 Å². The van der Waals surface area contributed by atoms with Gasteiger partial charge in [-0.1, -0.05) is 6.92 Å². The Bertz CT molecular complexity index is 1340. The van der Waals surface area contributed by atoms with Crippen molar-refractivity contribution in [3.05, 3.63) is 60.2 Å². The Morgan fingerprint density at radius 2 is 1.93 bits per heavy atom. The van der Waals surface area contributed by atoms with Crippen LogP contribution in [0.1, 0.15) is 24.2 Å². The van der Waals surface area contributed by atoms with Crippen molar-refractivity contribution in [2.75, 3.05) is 37.4 Å². The molecule has 0 bridgehead atoms. The van der Waals surface area contributed by atoms with E-state index < -0.39 is 29.9 Å². The molecule has 0 radical (unpaired) electrons. The summed E-state index contributed by atoms with van der Waals surface area (Å²) in [6.45, 7) is 3.71. The lowest BCUT2D eigenvalue weighted by molar-refractivity contribution is -0.116. The number of tetrazole rings is 1. The van der Waals surface area contributed by atoms with Crippen molar-refractivity contribution in [2.24, 2.45) is 5.92 Å². The minimum absolute atomic E-state index is 0.117. The highest BCUT2D eigenvalue weighted by molar-refractivity contribution is 6.00. The zero-order valence-electron chi connectivity index (χ0n) is 22.3. The molecular weight excluding hydrogens is 523 g/mol. The average Bonchev–Trinajstić information content (AvgIpc) is 3.44. The number of rotatable bonds is 8. The largest absolute Gasteiger partial charge is 0.487 e. The van der Waals surface area contributed by atoms with Crippen molar-refractivity contribution in [1.29, 1.82) is 0 Å². The van der Waals surface area contributed by atoms with Crippen molar-refractivity contribution >= 4 is 29.2 Å². The van der Waals surface area contributed by atoms with Gasteiger partial charge in [0, 0.05) is 30.9 Å². The van der Waals surface area contributed by atoms with Crippen LogP contribution >= 0.6 is 0 Å². The van der Waals surface area contributed by atoms with Crippen molar-refractivity contribution in [1.82, 2.24) is 30.0 Å². The maximum absolute atomic E-state index is 13.6. The molecule has 4 amide bonds. The topological polar surface area (TPSA) is 155 Å². The van der Waals surface area contributed by atoms with E-state index in [1.165, 1.54) is 46.2 Å². The molecule has 3 atom stereocenters. The number of aliphatic hydroxyl groups excluding tert-OH is 1. The second-order valence-electron chi connectivity index (χ2n) is 9.71. The number of nitrogens with one attached hydrogen (secondary N) is 2. The molecule has 3 N–H and O–H groups in total. The number of aromatic nitrogens is 4. The molecule has 4 rings (SSSR count). The van der Waals surface area contributed by atoms with E-state index in [2.05, 4.69) is 26.2 Å². The van der Waals surface area contributed by atoms with Gasteiger partial charge in [-0.25, -0.2) is 13.9 Å². The Labute approximate surface area is 229 Å². The zero-order chi connectivity index (χ0) is 28.8. The molecular formula is C26H31FN8O5. The minimum Gasteiger partial charge on any atom is -0.487 e. The van der Waals surface area contributed by atoms with Crippen LogP contribution in [-0.4, -0.2) is 91.8 Å². The van der Waals surface area contributed by atoms with Gasteiger partial charge in [-0.15, -0.1) is 5.10 Å². The lowest BCUT2D eigenvalue weighted by Gasteiger charge is -2.38. The fourth-order valence-corrected chi connectivity index (χ4v) is 4.22. The van der Waals surface area contributed by atoms with Gasteiger partial charge in [0.25, 0.3) is 5.91 Å². The maximum Gasteiger partial charge on any atom is 0.321 e. The van der Waals surface area contributed by atoms with Crippen molar-refractivity contribution in [3.8, 4) is 5.75 Å². The number of urea groups is 1. The van der Waals surface area contributed by atoms with Gasteiger partial charge in [0.05, 0.1) is 24.8 Å². The number of carbonyl (C=O) groups excluding carboxylic acids is 3. The molecule has 2 aromatic carbocycles. The molecule has 0 aliphatic carbocycles. The van der Waals surface area contributed by atoms with Crippen LogP contribution < -0.4 is 15.4 Å². The van der Waals surface area contributed by atoms with E-state index in [0.717, 1.165) is 0 Å². The fourth-order valence-electron chi connectivity index (χ4n) is 4.22. The third kappa shape index (κ3) is 6.88. The first kappa shape index (κ1) is 28.4. The number of halogens is 1. The molecule has 212 valence electrons. The lowest BCUT2D eigenvalue weighted by Crippen LogP contribution is -2.50. The van der Waals surface area contributed by atoms with E-state index in [1.807, 2.05) is 6.92 Å². The highest BCUT2D eigenvalue weighted by Crippen LogP contribution is 2.30. The molecule has 0 saturated heterocycles. The van der Waals surface area contributed by atoms with Crippen LogP contribution in [0.15, 0.2) is 48.8 Å². The quantitative estimate of drug-likeness (QED) is 0.381. The Kier molecular flexibility index (Phi) is 8.89. The summed E-state index contributed by atoms with van der Waals surface area (Å²) in [5.41, 5.74) is 1.01. The van der Waals surface area contributed by atoms with E-state index in [9.17, 15) is 23.9 Å². The normalized spacial score (nSPS) is 17.6. The number of hydrogen-bond donors (Lipinski definition) is 3. The number of hydrogen-bond acceptors (Lipinski definition) is 8. The Balaban J connectivity index is 1.55. The third-order valence-corrected chi connectivity index (χ3v) is 6.54. The molecule has 0 spiro atoms. The fraction of sp³-hybridized carbons (Fsp3) is 0.385. The molecule has 2 heterocycles. The van der Waals surface area contributed by atoms with Gasteiger partial charge >= 0.3 is 6.03 Å². The van der Waals surface area contributed by atoms with Gasteiger partial charge in [-0.05, 0) is 59.8 Å². The van der Waals surface area contributed by atoms with Crippen LogP contribution in [-0.2, 0) is 11.3 Å². The summed E-state index contributed by atoms with van der Waals surface area (Å²) >= 11 is 0. The van der Waals surface area contributed by atoms with Gasteiger partial charge in [0.2, 0.25) is 5.91 Å². The number of ether oxygens (including phenoxy) is 1. The second-order valence-corrected chi connectivity index (χ2v) is 9.71. The first-order valence-electron chi connectivity index (χ1n) is 12.7. The van der Waals surface area contributed by atoms with Crippen LogP contribution in [0.4, 0.5) is 20.6 Å². The number of amides is 4. The summed E-state index contributed by atoms with van der Waals surface area (Å²) in [7, 11) is 1.61. The van der Waals surface area contributed by atoms with Gasteiger partial charge < -0.3 is 30.3 Å². The van der Waals surface area contributed by atoms with Gasteiger partial charge in [-0.3, -0.25) is 9.59 Å². The predicted molar refractivity (Wildman–Crippen MR) is 142 cm³/mol. The molecule has 3 aromatic rings. The van der Waals surface area contributed by atoms with Crippen LogP contribution in [0.3, 0.4) is 0 Å². The van der Waals surface area contributed by atoms with Crippen LogP contribution in [0.25, 0.3) is 0 Å². The standard InChI is InChI=1S/C26H31FN8O5/c1-16-11-35(17(2)14-36)25(38)21-10-20(29-24(37)13-34-15-28-31-32-34)8-9-22(21)40-23(16)12-33(3)26(39)30-19-6-4-18(27)5-7-19/h4-10,15-17,23,36H,11-14H2,1-3H3,(H,29,37)(H,30,39)/t16-,17+,23+/m0/s1. The Morgan fingerprint density at radius 1 is 1.20 bits per heavy atom. The first-order chi connectivity index (χ1) is 19.1. The number of anilines is 2. The summed E-state index contributed by atoms with van der Waals surface area (Å²) < 4.78 is 20.8. The number of benzene rings is 2. The van der Waals surface area contributed by atoms with E-state index in [1.54, 1.807) is 31.0 Å². The third-order valence-electron chi connectivity index (χ3n) is 6.54. The molecule has 1 aromatic heterocycles.